The first-order valence-electron chi connectivity index (χ1n) is 20.3. The van der Waals surface area contributed by atoms with E-state index < -0.39 is 101 Å². The fourth-order valence-electron chi connectivity index (χ4n) is 8.85. The number of phenolic OH excluding ortho intramolecular Hbond substituents is 1. The number of aryl methyl sites for hydroxylation is 2. The van der Waals surface area contributed by atoms with E-state index in [1.54, 1.807) is 51.9 Å². The number of fused-ring (bicyclic) bond motifs is 3. The number of anilines is 2. The number of primary amides is 1. The third-order valence-corrected chi connectivity index (χ3v) is 11.9. The molecule has 3 amide bonds. The van der Waals surface area contributed by atoms with Gasteiger partial charge in [0, 0.05) is 36.8 Å². The summed E-state index contributed by atoms with van der Waals surface area (Å²) in [5, 5.41) is 49.3. The second-order valence-corrected chi connectivity index (χ2v) is 17.4. The van der Waals surface area contributed by atoms with Crippen LogP contribution in [-0.4, -0.2) is 124 Å². The first-order chi connectivity index (χ1) is 29.6. The third-order valence-electron chi connectivity index (χ3n) is 11.9. The van der Waals surface area contributed by atoms with E-state index in [0.29, 0.717) is 29.7 Å². The fourth-order valence-corrected chi connectivity index (χ4v) is 8.85. The van der Waals surface area contributed by atoms with E-state index in [0.717, 1.165) is 16.0 Å². The third kappa shape index (κ3) is 8.57. The Labute approximate surface area is 364 Å². The molecule has 17 heteroatoms. The molecule has 7 N–H and O–H groups in total. The van der Waals surface area contributed by atoms with Crippen LogP contribution in [-0.2, 0) is 47.9 Å². The number of aromatic hydroxyl groups is 1. The summed E-state index contributed by atoms with van der Waals surface area (Å²) < 4.78 is 10.6. The Kier molecular flexibility index (Phi) is 12.8. The summed E-state index contributed by atoms with van der Waals surface area (Å²) in [5.74, 6) is -9.54. The maximum atomic E-state index is 14.4. The van der Waals surface area contributed by atoms with Crippen LogP contribution in [0.3, 0.4) is 0 Å². The molecule has 0 aliphatic heterocycles. The molecule has 0 radical (unpaired) electrons. The predicted molar refractivity (Wildman–Crippen MR) is 231 cm³/mol. The molecular weight excluding hydrogens is 815 g/mol. The molecule has 0 unspecified atom stereocenters. The van der Waals surface area contributed by atoms with Crippen molar-refractivity contribution in [3.05, 3.63) is 105 Å². The molecule has 3 aromatic rings. The van der Waals surface area contributed by atoms with Crippen molar-refractivity contribution in [1.29, 1.82) is 0 Å². The number of ether oxygens (including phenoxy) is 2. The zero-order valence-corrected chi connectivity index (χ0v) is 36.2. The SMILES string of the molecule is CN(C)c1cc(NC(=O)CN(C(=O)OCOC(=O)c2ccccc2CCc2ccccc2)C(C)(C)C)c(O)c2c1C[C@H]1C[C@H]3[C@H](N(C)C)C(=O)C(C(N)=O)=C(O)[C@@]3(O)C(=O)C1=C2O. The molecule has 0 heterocycles. The van der Waals surface area contributed by atoms with E-state index >= 15 is 0 Å². The quantitative estimate of drug-likeness (QED) is 0.0656. The van der Waals surface area contributed by atoms with Crippen molar-refractivity contribution in [2.75, 3.05) is 51.7 Å². The van der Waals surface area contributed by atoms with Gasteiger partial charge in [0.1, 0.15) is 29.4 Å². The number of nitrogens with one attached hydrogen (secondary N) is 1. The van der Waals surface area contributed by atoms with Crippen molar-refractivity contribution in [3.63, 3.8) is 0 Å². The number of nitrogens with two attached hydrogens (primary N) is 1. The van der Waals surface area contributed by atoms with Crippen molar-refractivity contribution < 1.29 is 58.7 Å². The summed E-state index contributed by atoms with van der Waals surface area (Å²) in [5.41, 5.74) is 2.86. The zero-order valence-electron chi connectivity index (χ0n) is 36.2. The minimum absolute atomic E-state index is 0.0251. The van der Waals surface area contributed by atoms with Gasteiger partial charge in [0.05, 0.1) is 22.9 Å². The number of hydrogen-bond donors (Lipinski definition) is 6. The van der Waals surface area contributed by atoms with Crippen LogP contribution < -0.4 is 16.0 Å². The number of amides is 3. The zero-order chi connectivity index (χ0) is 46.3. The topological polar surface area (TPSA) is 250 Å². The number of aliphatic hydroxyl groups excluding tert-OH is 2. The van der Waals surface area contributed by atoms with Crippen molar-refractivity contribution in [1.82, 2.24) is 9.80 Å². The molecule has 3 aromatic carbocycles. The van der Waals surface area contributed by atoms with E-state index in [4.69, 9.17) is 15.2 Å². The summed E-state index contributed by atoms with van der Waals surface area (Å²) in [6.07, 6.45) is 0.205. The maximum Gasteiger partial charge on any atom is 0.413 e. The first-order valence-corrected chi connectivity index (χ1v) is 20.3. The number of phenols is 1. The number of hydrogen-bond acceptors (Lipinski definition) is 14. The minimum Gasteiger partial charge on any atom is -0.508 e. The van der Waals surface area contributed by atoms with Crippen LogP contribution in [0, 0.1) is 11.8 Å². The molecule has 63 heavy (non-hydrogen) atoms. The average Bonchev–Trinajstić information content (AvgIpc) is 3.21. The number of esters is 1. The number of aliphatic hydroxyl groups is 3. The maximum absolute atomic E-state index is 14.4. The van der Waals surface area contributed by atoms with Crippen LogP contribution in [0.15, 0.2) is 77.6 Å². The monoisotopic (exact) mass is 867 g/mol. The van der Waals surface area contributed by atoms with Crippen molar-refractivity contribution >= 4 is 52.6 Å². The van der Waals surface area contributed by atoms with Crippen LogP contribution in [0.25, 0.3) is 5.76 Å². The van der Waals surface area contributed by atoms with E-state index in [1.165, 1.54) is 25.1 Å². The smallest absolute Gasteiger partial charge is 0.413 e. The van der Waals surface area contributed by atoms with Crippen LogP contribution in [0.4, 0.5) is 16.2 Å². The standard InChI is InChI=1S/C46H53N5O12/c1-45(2,3)51(44(60)63-23-62-43(59)27-16-12-11-15-25(27)18-17-24-13-9-8-10-14-24)22-32(52)48-30-21-31(49(4)5)28-19-26-20-29-36(50(6)7)39(55)35(42(47)58)41(57)46(29,61)40(56)33(26)38(54)34(28)37(30)53/h8-16,21,26,29,36,53-54,57,61H,17-20,22-23H2,1-7H3,(H2,47,58)(H,48,52)/t26-,29-,36-,46-/m0/s1. The molecular formula is C46H53N5O12. The van der Waals surface area contributed by atoms with Crippen molar-refractivity contribution in [2.45, 2.75) is 63.6 Å². The van der Waals surface area contributed by atoms with E-state index in [1.807, 2.05) is 42.5 Å². The molecule has 0 saturated heterocycles. The summed E-state index contributed by atoms with van der Waals surface area (Å²) in [7, 11) is 6.40. The minimum atomic E-state index is -2.83. The van der Waals surface area contributed by atoms with E-state index in [-0.39, 0.29) is 29.7 Å². The lowest BCUT2D eigenvalue weighted by Crippen LogP contribution is -2.65. The summed E-state index contributed by atoms with van der Waals surface area (Å²) in [6.45, 7) is 3.61. The second kappa shape index (κ2) is 17.6. The molecule has 1 saturated carbocycles. The van der Waals surface area contributed by atoms with Crippen LogP contribution in [0.5, 0.6) is 5.75 Å². The van der Waals surface area contributed by atoms with Gasteiger partial charge in [0.15, 0.2) is 11.4 Å². The Morgan fingerprint density at radius 2 is 1.57 bits per heavy atom. The number of Topliss-reactive ketones (excluding diaryl/α,β-unsaturated/α-hetero) is 2. The summed E-state index contributed by atoms with van der Waals surface area (Å²) in [4.78, 5) is 84.5. The Morgan fingerprint density at radius 3 is 2.19 bits per heavy atom. The molecule has 17 nitrogen and oxygen atoms in total. The number of nitrogens with zero attached hydrogens (tertiary/aromatic N) is 3. The number of ketones is 2. The first kappa shape index (κ1) is 45.8. The van der Waals surface area contributed by atoms with Gasteiger partial charge in [0.2, 0.25) is 18.5 Å². The van der Waals surface area contributed by atoms with Gasteiger partial charge in [-0.2, -0.15) is 0 Å². The Morgan fingerprint density at radius 1 is 0.921 bits per heavy atom. The largest absolute Gasteiger partial charge is 0.508 e. The van der Waals surface area contributed by atoms with Gasteiger partial charge in [-0.1, -0.05) is 48.5 Å². The molecule has 1 fully saturated rings. The number of likely N-dealkylation sites (N-methyl/N-ethyl adjacent to an activating group) is 1. The molecule has 3 aliphatic carbocycles. The van der Waals surface area contributed by atoms with Gasteiger partial charge < -0.3 is 45.9 Å². The number of benzene rings is 3. The van der Waals surface area contributed by atoms with Gasteiger partial charge in [-0.25, -0.2) is 9.59 Å². The normalized spacial score (nSPS) is 20.7. The lowest BCUT2D eigenvalue weighted by molar-refractivity contribution is -0.153. The van der Waals surface area contributed by atoms with Crippen molar-refractivity contribution in [3.8, 4) is 5.75 Å². The number of carbonyl (C=O) groups excluding carboxylic acids is 6. The average molecular weight is 868 g/mol. The second-order valence-electron chi connectivity index (χ2n) is 17.4. The van der Waals surface area contributed by atoms with E-state index in [9.17, 15) is 49.2 Å². The summed E-state index contributed by atoms with van der Waals surface area (Å²) in [6, 6.07) is 17.0. The lowest BCUT2D eigenvalue weighted by Gasteiger charge is -2.50. The molecule has 3 aliphatic rings. The molecule has 0 aromatic heterocycles. The van der Waals surface area contributed by atoms with Crippen LogP contribution in [0.2, 0.25) is 0 Å². The molecule has 4 atom stereocenters. The summed E-state index contributed by atoms with van der Waals surface area (Å²) >= 11 is 0. The number of carbonyl (C=O) groups is 6. The predicted octanol–water partition coefficient (Wildman–Crippen LogP) is 3.81. The highest BCUT2D eigenvalue weighted by Crippen LogP contribution is 2.54. The Bertz CT molecular complexity index is 2440. The molecule has 334 valence electrons. The fraction of sp³-hybridized carbons (Fsp3) is 0.391. The van der Waals surface area contributed by atoms with Gasteiger partial charge in [-0.05, 0) is 95.3 Å². The van der Waals surface area contributed by atoms with Crippen LogP contribution >= 0.6 is 0 Å². The van der Waals surface area contributed by atoms with Gasteiger partial charge >= 0.3 is 12.1 Å². The van der Waals surface area contributed by atoms with Gasteiger partial charge in [0.25, 0.3) is 5.91 Å². The van der Waals surface area contributed by atoms with E-state index in [2.05, 4.69) is 5.32 Å². The highest BCUT2D eigenvalue weighted by Gasteiger charge is 2.64. The molecule has 0 bridgehead atoms. The Hall–Kier alpha value is -6.72. The number of rotatable bonds is 12. The molecule has 0 spiro atoms. The van der Waals surface area contributed by atoms with Crippen molar-refractivity contribution in [2.24, 2.45) is 17.6 Å². The highest BCUT2D eigenvalue weighted by atomic mass is 16.7. The van der Waals surface area contributed by atoms with Gasteiger partial charge in [-0.3, -0.25) is 29.0 Å². The molecule has 6 rings (SSSR count). The Balaban J connectivity index is 1.22. The highest BCUT2D eigenvalue weighted by molar-refractivity contribution is 6.24. The van der Waals surface area contributed by atoms with Gasteiger partial charge in [-0.15, -0.1) is 0 Å². The lowest BCUT2D eigenvalue weighted by atomic mass is 9.57. The van der Waals surface area contributed by atoms with Crippen LogP contribution in [0.1, 0.15) is 59.8 Å².